The number of hydrogen-bond acceptors (Lipinski definition) is 4. The van der Waals surface area contributed by atoms with Crippen LogP contribution in [0.3, 0.4) is 0 Å². The van der Waals surface area contributed by atoms with Gasteiger partial charge in [-0.15, -0.1) is 0 Å². The first-order chi connectivity index (χ1) is 6.56. The minimum atomic E-state index is -1.16. The van der Waals surface area contributed by atoms with E-state index in [-0.39, 0.29) is 16.4 Å². The van der Waals surface area contributed by atoms with E-state index in [4.69, 9.17) is 22.4 Å². The van der Waals surface area contributed by atoms with Crippen molar-refractivity contribution in [3.63, 3.8) is 0 Å². The van der Waals surface area contributed by atoms with Crippen molar-refractivity contribution in [3.05, 3.63) is 22.5 Å². The third-order valence-electron chi connectivity index (χ3n) is 1.53. The lowest BCUT2D eigenvalue weighted by molar-refractivity contribution is 0.0690. The maximum absolute atomic E-state index is 10.7. The van der Waals surface area contributed by atoms with Gasteiger partial charge in [0.1, 0.15) is 0 Å². The SMILES string of the molecule is CSCc1cc(N)c(Cl)c(C(=O)O)n1. The molecule has 1 aromatic heterocycles. The van der Waals surface area contributed by atoms with E-state index in [1.807, 2.05) is 6.26 Å². The molecule has 0 aliphatic heterocycles. The van der Waals surface area contributed by atoms with Crippen molar-refractivity contribution in [1.29, 1.82) is 0 Å². The van der Waals surface area contributed by atoms with Gasteiger partial charge in [0, 0.05) is 5.75 Å². The van der Waals surface area contributed by atoms with Gasteiger partial charge in [0.05, 0.1) is 16.4 Å². The molecule has 0 fully saturated rings. The Labute approximate surface area is 90.5 Å². The Morgan fingerprint density at radius 2 is 2.43 bits per heavy atom. The van der Waals surface area contributed by atoms with Gasteiger partial charge >= 0.3 is 5.97 Å². The van der Waals surface area contributed by atoms with Gasteiger partial charge in [0.15, 0.2) is 5.69 Å². The first kappa shape index (κ1) is 11.1. The molecule has 6 heteroatoms. The molecule has 14 heavy (non-hydrogen) atoms. The second kappa shape index (κ2) is 4.52. The van der Waals surface area contributed by atoms with Crippen LogP contribution in [0.5, 0.6) is 0 Å². The lowest BCUT2D eigenvalue weighted by Crippen LogP contribution is -2.06. The number of anilines is 1. The van der Waals surface area contributed by atoms with Crippen LogP contribution in [0.1, 0.15) is 16.2 Å². The van der Waals surface area contributed by atoms with E-state index in [9.17, 15) is 4.79 Å². The monoisotopic (exact) mass is 232 g/mol. The summed E-state index contributed by atoms with van der Waals surface area (Å²) in [6.07, 6.45) is 1.90. The predicted octanol–water partition coefficient (Wildman–Crippen LogP) is 1.88. The minimum absolute atomic E-state index is 0.00218. The standard InChI is InChI=1S/C8H9ClN2O2S/c1-14-3-4-2-5(10)6(9)7(11-4)8(12)13/h2H,3H2,1H3,(H2,10,11)(H,12,13). The topological polar surface area (TPSA) is 76.2 Å². The van der Waals surface area contributed by atoms with Crippen LogP contribution >= 0.6 is 23.4 Å². The Hall–Kier alpha value is -0.940. The first-order valence-electron chi connectivity index (χ1n) is 3.73. The van der Waals surface area contributed by atoms with Crippen molar-refractivity contribution >= 4 is 35.0 Å². The number of halogens is 1. The molecule has 1 heterocycles. The molecule has 1 aromatic rings. The normalized spacial score (nSPS) is 10.1. The second-order valence-corrected chi connectivity index (χ2v) is 3.85. The van der Waals surface area contributed by atoms with Crippen molar-refractivity contribution in [2.75, 3.05) is 12.0 Å². The van der Waals surface area contributed by atoms with E-state index in [0.29, 0.717) is 11.4 Å². The van der Waals surface area contributed by atoms with Crippen molar-refractivity contribution in [1.82, 2.24) is 4.98 Å². The molecular weight excluding hydrogens is 224 g/mol. The van der Waals surface area contributed by atoms with E-state index in [2.05, 4.69) is 4.98 Å². The molecule has 76 valence electrons. The smallest absolute Gasteiger partial charge is 0.356 e. The average molecular weight is 233 g/mol. The van der Waals surface area contributed by atoms with Gasteiger partial charge < -0.3 is 10.8 Å². The number of hydrogen-bond donors (Lipinski definition) is 2. The van der Waals surface area contributed by atoms with E-state index >= 15 is 0 Å². The lowest BCUT2D eigenvalue weighted by Gasteiger charge is -2.05. The number of carboxylic acid groups (broad SMARTS) is 1. The molecular formula is C8H9ClN2O2S. The van der Waals surface area contributed by atoms with Gasteiger partial charge in [-0.05, 0) is 12.3 Å². The molecule has 0 amide bonds. The summed E-state index contributed by atoms with van der Waals surface area (Å²) in [5.74, 6) is -0.550. The van der Waals surface area contributed by atoms with Gasteiger partial charge in [-0.25, -0.2) is 9.78 Å². The number of rotatable bonds is 3. The van der Waals surface area contributed by atoms with Crippen LogP contribution in [0.15, 0.2) is 6.07 Å². The molecule has 1 rings (SSSR count). The summed E-state index contributed by atoms with van der Waals surface area (Å²) in [5.41, 5.74) is 6.24. The molecule has 0 saturated carbocycles. The Morgan fingerprint density at radius 1 is 1.79 bits per heavy atom. The van der Waals surface area contributed by atoms with Crippen LogP contribution in [0.2, 0.25) is 5.02 Å². The number of carbonyl (C=O) groups is 1. The number of thioether (sulfide) groups is 1. The fourth-order valence-corrected chi connectivity index (χ4v) is 1.59. The summed E-state index contributed by atoms with van der Waals surface area (Å²) in [7, 11) is 0. The van der Waals surface area contributed by atoms with Crippen LogP contribution in [-0.4, -0.2) is 22.3 Å². The number of aromatic carboxylic acids is 1. The number of nitrogens with two attached hydrogens (primary N) is 1. The molecule has 3 N–H and O–H groups in total. The summed E-state index contributed by atoms with van der Waals surface area (Å²) in [6.45, 7) is 0. The fourth-order valence-electron chi connectivity index (χ4n) is 0.968. The second-order valence-electron chi connectivity index (χ2n) is 2.60. The summed E-state index contributed by atoms with van der Waals surface area (Å²) in [4.78, 5) is 14.6. The molecule has 0 aliphatic rings. The van der Waals surface area contributed by atoms with Crippen LogP contribution in [0.25, 0.3) is 0 Å². The molecule has 0 radical (unpaired) electrons. The molecule has 0 saturated heterocycles. The highest BCUT2D eigenvalue weighted by Crippen LogP contribution is 2.24. The highest BCUT2D eigenvalue weighted by molar-refractivity contribution is 7.97. The first-order valence-corrected chi connectivity index (χ1v) is 5.50. The Morgan fingerprint density at radius 3 is 2.93 bits per heavy atom. The lowest BCUT2D eigenvalue weighted by atomic mass is 10.2. The highest BCUT2D eigenvalue weighted by atomic mass is 35.5. The van der Waals surface area contributed by atoms with E-state index in [0.717, 1.165) is 0 Å². The van der Waals surface area contributed by atoms with Crippen molar-refractivity contribution in [3.8, 4) is 0 Å². The summed E-state index contributed by atoms with van der Waals surface area (Å²) in [5, 5.41) is 8.78. The molecule has 0 bridgehead atoms. The third kappa shape index (κ3) is 2.30. The van der Waals surface area contributed by atoms with Gasteiger partial charge in [-0.2, -0.15) is 11.8 Å². The zero-order valence-electron chi connectivity index (χ0n) is 7.45. The van der Waals surface area contributed by atoms with Gasteiger partial charge in [-0.3, -0.25) is 0 Å². The maximum Gasteiger partial charge on any atom is 0.356 e. The maximum atomic E-state index is 10.7. The van der Waals surface area contributed by atoms with Crippen LogP contribution < -0.4 is 5.73 Å². The summed E-state index contributed by atoms with van der Waals surface area (Å²) in [6, 6.07) is 1.59. The van der Waals surface area contributed by atoms with Crippen LogP contribution in [0.4, 0.5) is 5.69 Å². The number of carboxylic acids is 1. The highest BCUT2D eigenvalue weighted by Gasteiger charge is 2.14. The Balaban J connectivity index is 3.21. The summed E-state index contributed by atoms with van der Waals surface area (Å²) >= 11 is 7.22. The zero-order valence-corrected chi connectivity index (χ0v) is 9.02. The quantitative estimate of drug-likeness (QED) is 0.832. The number of pyridine rings is 1. The zero-order chi connectivity index (χ0) is 10.7. The molecule has 4 nitrogen and oxygen atoms in total. The Bertz CT molecular complexity index is 371. The molecule has 0 spiro atoms. The van der Waals surface area contributed by atoms with Crippen LogP contribution in [0, 0.1) is 0 Å². The predicted molar refractivity (Wildman–Crippen MR) is 57.8 cm³/mol. The van der Waals surface area contributed by atoms with Crippen molar-refractivity contribution in [2.24, 2.45) is 0 Å². The molecule has 0 aromatic carbocycles. The molecule has 0 atom stereocenters. The van der Waals surface area contributed by atoms with E-state index in [1.165, 1.54) is 11.8 Å². The molecule has 0 aliphatic carbocycles. The largest absolute Gasteiger partial charge is 0.476 e. The van der Waals surface area contributed by atoms with Gasteiger partial charge in [-0.1, -0.05) is 11.6 Å². The minimum Gasteiger partial charge on any atom is -0.476 e. The van der Waals surface area contributed by atoms with Gasteiger partial charge in [0.2, 0.25) is 0 Å². The Kier molecular flexibility index (Phi) is 3.60. The van der Waals surface area contributed by atoms with Crippen molar-refractivity contribution in [2.45, 2.75) is 5.75 Å². The molecule has 0 unspecified atom stereocenters. The van der Waals surface area contributed by atoms with E-state index in [1.54, 1.807) is 6.07 Å². The van der Waals surface area contributed by atoms with Gasteiger partial charge in [0.25, 0.3) is 0 Å². The number of nitrogens with zero attached hydrogens (tertiary/aromatic N) is 1. The summed E-state index contributed by atoms with van der Waals surface area (Å²) < 4.78 is 0. The third-order valence-corrected chi connectivity index (χ3v) is 2.52. The van der Waals surface area contributed by atoms with E-state index < -0.39 is 5.97 Å². The van der Waals surface area contributed by atoms with Crippen LogP contribution in [-0.2, 0) is 5.75 Å². The number of nitrogen functional groups attached to an aromatic ring is 1. The fraction of sp³-hybridized carbons (Fsp3) is 0.250. The average Bonchev–Trinajstić information content (AvgIpc) is 2.11. The number of aromatic nitrogens is 1. The van der Waals surface area contributed by atoms with Crippen molar-refractivity contribution < 1.29 is 9.90 Å².